The molecule has 1 aromatic carbocycles. The zero-order valence-corrected chi connectivity index (χ0v) is 14.9. The number of para-hydroxylation sites is 1. The Bertz CT molecular complexity index is 820. The second kappa shape index (κ2) is 8.66. The lowest BCUT2D eigenvalue weighted by molar-refractivity contribution is -0.136. The van der Waals surface area contributed by atoms with Crippen molar-refractivity contribution < 1.29 is 22.8 Å². The van der Waals surface area contributed by atoms with Crippen LogP contribution in [0.25, 0.3) is 0 Å². The van der Waals surface area contributed by atoms with Gasteiger partial charge in [0.1, 0.15) is 0 Å². The first kappa shape index (κ1) is 20.4. The van der Waals surface area contributed by atoms with E-state index in [4.69, 9.17) is 0 Å². The number of anilines is 1. The van der Waals surface area contributed by atoms with Crippen molar-refractivity contribution in [3.8, 4) is 0 Å². The van der Waals surface area contributed by atoms with Gasteiger partial charge in [-0.25, -0.2) is 0 Å². The lowest BCUT2D eigenvalue weighted by Gasteiger charge is -2.13. The molecule has 144 valence electrons. The van der Waals surface area contributed by atoms with Crippen LogP contribution in [0.3, 0.4) is 0 Å². The van der Waals surface area contributed by atoms with Gasteiger partial charge >= 0.3 is 6.18 Å². The molecule has 0 aliphatic rings. The molecule has 0 spiro atoms. The molecule has 2 amide bonds. The number of hydrogen-bond donors (Lipinski definition) is 2. The molecule has 1 aromatic heterocycles. The van der Waals surface area contributed by atoms with Gasteiger partial charge in [0.25, 0.3) is 11.8 Å². The van der Waals surface area contributed by atoms with Gasteiger partial charge in [-0.3, -0.25) is 14.6 Å². The van der Waals surface area contributed by atoms with Crippen molar-refractivity contribution in [3.63, 3.8) is 0 Å². The number of rotatable bonds is 6. The van der Waals surface area contributed by atoms with Crippen LogP contribution in [0.2, 0.25) is 0 Å². The van der Waals surface area contributed by atoms with Gasteiger partial charge in [-0.15, -0.1) is 0 Å². The fourth-order valence-electron chi connectivity index (χ4n) is 2.30. The van der Waals surface area contributed by atoms with E-state index in [-0.39, 0.29) is 16.8 Å². The third-order valence-corrected chi connectivity index (χ3v) is 3.75. The Labute approximate surface area is 155 Å². The van der Waals surface area contributed by atoms with Crippen LogP contribution in [0, 0.1) is 5.92 Å². The Morgan fingerprint density at radius 2 is 1.70 bits per heavy atom. The standard InChI is InChI=1S/C19H20F3N3O2/c1-12(2)7-8-24-17(26)13-9-14(11-23-10-13)18(27)25-16-6-4-3-5-15(16)19(20,21)22/h3-6,9-12H,7-8H2,1-2H3,(H,24,26)(H,25,27). The van der Waals surface area contributed by atoms with Crippen LogP contribution in [-0.4, -0.2) is 23.3 Å². The van der Waals surface area contributed by atoms with Gasteiger partial charge in [0.2, 0.25) is 0 Å². The smallest absolute Gasteiger partial charge is 0.352 e. The number of hydrogen-bond acceptors (Lipinski definition) is 3. The minimum atomic E-state index is -4.60. The first-order valence-corrected chi connectivity index (χ1v) is 8.39. The minimum absolute atomic E-state index is 0.0107. The molecule has 0 bridgehead atoms. The molecule has 0 saturated heterocycles. The Morgan fingerprint density at radius 1 is 1.07 bits per heavy atom. The van der Waals surface area contributed by atoms with Gasteiger partial charge in [-0.2, -0.15) is 13.2 Å². The Morgan fingerprint density at radius 3 is 2.33 bits per heavy atom. The van der Waals surface area contributed by atoms with E-state index in [1.807, 2.05) is 13.8 Å². The van der Waals surface area contributed by atoms with Gasteiger partial charge in [0, 0.05) is 18.9 Å². The SMILES string of the molecule is CC(C)CCNC(=O)c1cncc(C(=O)Nc2ccccc2C(F)(F)F)c1. The van der Waals surface area contributed by atoms with Crippen molar-refractivity contribution in [3.05, 3.63) is 59.4 Å². The van der Waals surface area contributed by atoms with E-state index in [1.165, 1.54) is 30.6 Å². The molecule has 8 heteroatoms. The first-order chi connectivity index (χ1) is 12.7. The summed E-state index contributed by atoms with van der Waals surface area (Å²) in [5.41, 5.74) is -1.16. The highest BCUT2D eigenvalue weighted by atomic mass is 19.4. The number of amides is 2. The van der Waals surface area contributed by atoms with Crippen LogP contribution in [0.5, 0.6) is 0 Å². The van der Waals surface area contributed by atoms with Crippen LogP contribution < -0.4 is 10.6 Å². The van der Waals surface area contributed by atoms with Crippen molar-refractivity contribution in [2.24, 2.45) is 5.92 Å². The fraction of sp³-hybridized carbons (Fsp3) is 0.316. The lowest BCUT2D eigenvalue weighted by Crippen LogP contribution is -2.26. The normalized spacial score (nSPS) is 11.3. The predicted molar refractivity (Wildman–Crippen MR) is 95.4 cm³/mol. The topological polar surface area (TPSA) is 71.1 Å². The quantitative estimate of drug-likeness (QED) is 0.793. The summed E-state index contributed by atoms with van der Waals surface area (Å²) in [7, 11) is 0. The number of carbonyl (C=O) groups excluding carboxylic acids is 2. The molecule has 0 aliphatic carbocycles. The van der Waals surface area contributed by atoms with E-state index in [0.29, 0.717) is 12.5 Å². The molecule has 1 heterocycles. The third kappa shape index (κ3) is 5.80. The highest BCUT2D eigenvalue weighted by Gasteiger charge is 2.33. The highest BCUT2D eigenvalue weighted by Crippen LogP contribution is 2.34. The van der Waals surface area contributed by atoms with E-state index < -0.39 is 23.6 Å². The zero-order chi connectivity index (χ0) is 20.0. The van der Waals surface area contributed by atoms with Crippen LogP contribution >= 0.6 is 0 Å². The average Bonchev–Trinajstić information content (AvgIpc) is 2.61. The highest BCUT2D eigenvalue weighted by molar-refractivity contribution is 6.06. The molecular formula is C19H20F3N3O2. The summed E-state index contributed by atoms with van der Waals surface area (Å²) in [5, 5.41) is 4.94. The predicted octanol–water partition coefficient (Wildman–Crippen LogP) is 4.13. The number of pyridine rings is 1. The molecule has 0 fully saturated rings. The number of alkyl halides is 3. The summed E-state index contributed by atoms with van der Waals surface area (Å²) in [6.07, 6.45) is -1.31. The molecule has 0 saturated carbocycles. The number of nitrogens with one attached hydrogen (secondary N) is 2. The maximum Gasteiger partial charge on any atom is 0.418 e. The van der Waals surface area contributed by atoms with Crippen LogP contribution in [-0.2, 0) is 6.18 Å². The summed E-state index contributed by atoms with van der Waals surface area (Å²) < 4.78 is 39.1. The Hall–Kier alpha value is -2.90. The van der Waals surface area contributed by atoms with E-state index in [9.17, 15) is 22.8 Å². The first-order valence-electron chi connectivity index (χ1n) is 8.39. The van der Waals surface area contributed by atoms with Crippen molar-refractivity contribution >= 4 is 17.5 Å². The van der Waals surface area contributed by atoms with Crippen LogP contribution in [0.4, 0.5) is 18.9 Å². The lowest BCUT2D eigenvalue weighted by atomic mass is 10.1. The Balaban J connectivity index is 2.13. The van der Waals surface area contributed by atoms with E-state index >= 15 is 0 Å². The van der Waals surface area contributed by atoms with Gasteiger partial charge in [-0.05, 0) is 30.5 Å². The summed E-state index contributed by atoms with van der Waals surface area (Å²) in [6.45, 7) is 4.53. The summed E-state index contributed by atoms with van der Waals surface area (Å²) in [6, 6.07) is 5.97. The maximum atomic E-state index is 13.0. The van der Waals surface area contributed by atoms with Crippen molar-refractivity contribution in [1.29, 1.82) is 0 Å². The molecule has 0 unspecified atom stereocenters. The van der Waals surface area contributed by atoms with E-state index in [0.717, 1.165) is 18.6 Å². The van der Waals surface area contributed by atoms with Crippen molar-refractivity contribution in [1.82, 2.24) is 10.3 Å². The van der Waals surface area contributed by atoms with Gasteiger partial charge < -0.3 is 10.6 Å². The Kier molecular flexibility index (Phi) is 6.55. The average molecular weight is 379 g/mol. The molecule has 5 nitrogen and oxygen atoms in total. The van der Waals surface area contributed by atoms with Crippen LogP contribution in [0.15, 0.2) is 42.7 Å². The second-order valence-corrected chi connectivity index (χ2v) is 6.40. The van der Waals surface area contributed by atoms with Gasteiger partial charge in [0.15, 0.2) is 0 Å². The number of nitrogens with zero attached hydrogens (tertiary/aromatic N) is 1. The molecule has 0 aliphatic heterocycles. The molecule has 27 heavy (non-hydrogen) atoms. The summed E-state index contributed by atoms with van der Waals surface area (Å²) >= 11 is 0. The molecule has 2 rings (SSSR count). The largest absolute Gasteiger partial charge is 0.418 e. The zero-order valence-electron chi connectivity index (χ0n) is 14.9. The monoisotopic (exact) mass is 379 g/mol. The number of carbonyl (C=O) groups is 2. The molecule has 2 N–H and O–H groups in total. The summed E-state index contributed by atoms with van der Waals surface area (Å²) in [4.78, 5) is 28.3. The van der Waals surface area contributed by atoms with Gasteiger partial charge in [-0.1, -0.05) is 26.0 Å². The van der Waals surface area contributed by atoms with Crippen LogP contribution in [0.1, 0.15) is 46.5 Å². The number of halogens is 3. The number of benzene rings is 1. The number of aromatic nitrogens is 1. The molecular weight excluding hydrogens is 359 g/mol. The fourth-order valence-corrected chi connectivity index (χ4v) is 2.30. The van der Waals surface area contributed by atoms with E-state index in [2.05, 4.69) is 15.6 Å². The third-order valence-electron chi connectivity index (χ3n) is 3.75. The molecule has 0 atom stereocenters. The van der Waals surface area contributed by atoms with E-state index in [1.54, 1.807) is 0 Å². The van der Waals surface area contributed by atoms with Crippen molar-refractivity contribution in [2.75, 3.05) is 11.9 Å². The summed E-state index contributed by atoms with van der Waals surface area (Å²) in [5.74, 6) is -0.751. The van der Waals surface area contributed by atoms with Gasteiger partial charge in [0.05, 0.1) is 22.4 Å². The molecule has 2 aromatic rings. The second-order valence-electron chi connectivity index (χ2n) is 6.40. The molecule has 0 radical (unpaired) electrons. The maximum absolute atomic E-state index is 13.0. The minimum Gasteiger partial charge on any atom is -0.352 e. The van der Waals surface area contributed by atoms with Crippen molar-refractivity contribution in [2.45, 2.75) is 26.4 Å².